The summed E-state index contributed by atoms with van der Waals surface area (Å²) in [5, 5.41) is 8.14. The average molecular weight is 440 g/mol. The Hall–Kier alpha value is -1.23. The molecule has 3 nitrogen and oxygen atoms in total. The van der Waals surface area contributed by atoms with Crippen molar-refractivity contribution in [2.24, 2.45) is 11.0 Å². The van der Waals surface area contributed by atoms with E-state index < -0.39 is 0 Å². The first-order valence-electron chi connectivity index (χ1n) is 8.21. The molecule has 2 heterocycles. The van der Waals surface area contributed by atoms with Crippen molar-refractivity contribution in [3.8, 4) is 5.75 Å². The molecule has 2 aromatic carbocycles. The summed E-state index contributed by atoms with van der Waals surface area (Å²) in [5.41, 5.74) is 3.18. The molecule has 6 heteroatoms. The molecule has 0 aromatic heterocycles. The minimum Gasteiger partial charge on any atom is -0.467 e. The second-order valence-electron chi connectivity index (χ2n) is 6.71. The smallest absolute Gasteiger partial charge is 0.190 e. The lowest BCUT2D eigenvalue weighted by Crippen LogP contribution is -2.43. The third-order valence-corrected chi connectivity index (χ3v) is 5.61. The zero-order valence-electron chi connectivity index (χ0n) is 13.8. The standard InChI is InChI=1S/C19H17BrCl2N2O/c1-10(2)19-24-17(14-7-13(21)8-15(22)18(14)25-19)9-16(23-24)11-3-5-12(20)6-4-11/h3-8,10,17,19H,9H2,1-2H3/t17-,19-/m1/s1. The van der Waals surface area contributed by atoms with Gasteiger partial charge in [0.1, 0.15) is 5.75 Å². The Balaban J connectivity index is 1.78. The molecule has 0 radical (unpaired) electrons. The fourth-order valence-corrected chi connectivity index (χ4v) is 4.22. The first kappa shape index (κ1) is 17.2. The average Bonchev–Trinajstić information content (AvgIpc) is 3.00. The molecule has 2 aromatic rings. The highest BCUT2D eigenvalue weighted by molar-refractivity contribution is 9.10. The predicted molar refractivity (Wildman–Crippen MR) is 106 cm³/mol. The fourth-order valence-electron chi connectivity index (χ4n) is 3.40. The van der Waals surface area contributed by atoms with Crippen molar-refractivity contribution in [1.82, 2.24) is 5.01 Å². The lowest BCUT2D eigenvalue weighted by Gasteiger charge is -2.40. The van der Waals surface area contributed by atoms with Crippen molar-refractivity contribution >= 4 is 44.8 Å². The molecule has 2 atom stereocenters. The summed E-state index contributed by atoms with van der Waals surface area (Å²) in [7, 11) is 0. The molecule has 25 heavy (non-hydrogen) atoms. The molecule has 0 amide bonds. The van der Waals surface area contributed by atoms with Crippen LogP contribution in [0, 0.1) is 5.92 Å². The fraction of sp³-hybridized carbons (Fsp3) is 0.316. The summed E-state index contributed by atoms with van der Waals surface area (Å²) in [5.74, 6) is 1.01. The van der Waals surface area contributed by atoms with Gasteiger partial charge >= 0.3 is 0 Å². The summed E-state index contributed by atoms with van der Waals surface area (Å²) in [6.07, 6.45) is 0.654. The Morgan fingerprint density at radius 1 is 1.20 bits per heavy atom. The molecule has 0 saturated heterocycles. The molecule has 4 rings (SSSR count). The minimum atomic E-state index is -0.149. The molecule has 0 N–H and O–H groups in total. The van der Waals surface area contributed by atoms with Gasteiger partial charge in [-0.2, -0.15) is 5.10 Å². The van der Waals surface area contributed by atoms with Gasteiger partial charge in [-0.15, -0.1) is 0 Å². The molecule has 2 aliphatic rings. The maximum atomic E-state index is 6.41. The van der Waals surface area contributed by atoms with Gasteiger partial charge in [0, 0.05) is 27.4 Å². The molecule has 0 unspecified atom stereocenters. The maximum absolute atomic E-state index is 6.41. The van der Waals surface area contributed by atoms with E-state index in [9.17, 15) is 0 Å². The first-order chi connectivity index (χ1) is 11.9. The van der Waals surface area contributed by atoms with Gasteiger partial charge in [-0.1, -0.05) is 65.1 Å². The molecule has 0 bridgehead atoms. The van der Waals surface area contributed by atoms with Crippen molar-refractivity contribution in [3.05, 3.63) is 62.0 Å². The molecule has 0 saturated carbocycles. The molecule has 0 aliphatic carbocycles. The zero-order chi connectivity index (χ0) is 17.7. The van der Waals surface area contributed by atoms with Gasteiger partial charge in [0.15, 0.2) is 6.23 Å². The normalized spacial score (nSPS) is 21.7. The van der Waals surface area contributed by atoms with E-state index in [4.69, 9.17) is 33.0 Å². The topological polar surface area (TPSA) is 24.8 Å². The van der Waals surface area contributed by atoms with E-state index in [1.165, 1.54) is 0 Å². The number of hydrogen-bond donors (Lipinski definition) is 0. The highest BCUT2D eigenvalue weighted by Crippen LogP contribution is 2.48. The largest absolute Gasteiger partial charge is 0.467 e. The number of benzene rings is 2. The van der Waals surface area contributed by atoms with E-state index in [2.05, 4.69) is 46.9 Å². The van der Waals surface area contributed by atoms with Crippen molar-refractivity contribution in [2.75, 3.05) is 0 Å². The summed E-state index contributed by atoms with van der Waals surface area (Å²) < 4.78 is 7.27. The Kier molecular flexibility index (Phi) is 4.47. The summed E-state index contributed by atoms with van der Waals surface area (Å²) in [4.78, 5) is 0. The lowest BCUT2D eigenvalue weighted by molar-refractivity contribution is -0.0460. The number of hydrogen-bond acceptors (Lipinski definition) is 3. The molecule has 130 valence electrons. The molecular weight excluding hydrogens is 423 g/mol. The quantitative estimate of drug-likeness (QED) is 0.549. The maximum Gasteiger partial charge on any atom is 0.190 e. The number of hydrazone groups is 1. The lowest BCUT2D eigenvalue weighted by atomic mass is 9.95. The highest BCUT2D eigenvalue weighted by Gasteiger charge is 2.42. The number of halogens is 3. The van der Waals surface area contributed by atoms with Crippen LogP contribution in [0.4, 0.5) is 0 Å². The van der Waals surface area contributed by atoms with Gasteiger partial charge in [-0.3, -0.25) is 0 Å². The second kappa shape index (κ2) is 6.49. The summed E-state index contributed by atoms with van der Waals surface area (Å²) >= 11 is 16.1. The van der Waals surface area contributed by atoms with Crippen LogP contribution >= 0.6 is 39.1 Å². The Labute approximate surface area is 165 Å². The third-order valence-electron chi connectivity index (χ3n) is 4.59. The molecular formula is C19H17BrCl2N2O. The van der Waals surface area contributed by atoms with E-state index in [1.54, 1.807) is 6.07 Å². The van der Waals surface area contributed by atoms with Gasteiger partial charge < -0.3 is 4.74 Å². The Bertz CT molecular complexity index is 851. The predicted octanol–water partition coefficient (Wildman–Crippen LogP) is 6.28. The number of fused-ring (bicyclic) bond motifs is 3. The van der Waals surface area contributed by atoms with Crippen molar-refractivity contribution < 1.29 is 4.74 Å². The van der Waals surface area contributed by atoms with Crippen molar-refractivity contribution in [1.29, 1.82) is 0 Å². The summed E-state index contributed by atoms with van der Waals surface area (Å²) in [6, 6.07) is 12.0. The van der Waals surface area contributed by atoms with E-state index in [1.807, 2.05) is 18.2 Å². The van der Waals surface area contributed by atoms with Crippen LogP contribution in [0.3, 0.4) is 0 Å². The van der Waals surface area contributed by atoms with Gasteiger partial charge in [0.25, 0.3) is 0 Å². The van der Waals surface area contributed by atoms with Crippen LogP contribution in [0.25, 0.3) is 0 Å². The third kappa shape index (κ3) is 3.05. The highest BCUT2D eigenvalue weighted by atomic mass is 79.9. The first-order valence-corrected chi connectivity index (χ1v) is 9.76. The van der Waals surface area contributed by atoms with E-state index in [0.717, 1.165) is 33.5 Å². The van der Waals surface area contributed by atoms with Crippen LogP contribution < -0.4 is 4.74 Å². The van der Waals surface area contributed by atoms with Gasteiger partial charge in [0.05, 0.1) is 16.8 Å². The van der Waals surface area contributed by atoms with Crippen LogP contribution in [0.15, 0.2) is 46.0 Å². The van der Waals surface area contributed by atoms with Crippen LogP contribution in [-0.2, 0) is 0 Å². The van der Waals surface area contributed by atoms with Crippen LogP contribution in [0.1, 0.15) is 37.4 Å². The number of nitrogens with zero attached hydrogens (tertiary/aromatic N) is 2. The number of rotatable bonds is 2. The van der Waals surface area contributed by atoms with Crippen LogP contribution in [0.5, 0.6) is 5.75 Å². The minimum absolute atomic E-state index is 0.0889. The SMILES string of the molecule is CC(C)[C@H]1Oc2c(Cl)cc(Cl)cc2[C@H]2CC(c3ccc(Br)cc3)=NN21. The van der Waals surface area contributed by atoms with Gasteiger partial charge in [-0.25, -0.2) is 5.01 Å². The molecule has 0 fully saturated rings. The van der Waals surface area contributed by atoms with Gasteiger partial charge in [0.2, 0.25) is 0 Å². The van der Waals surface area contributed by atoms with Gasteiger partial charge in [-0.05, 0) is 29.8 Å². The zero-order valence-corrected chi connectivity index (χ0v) is 16.9. The second-order valence-corrected chi connectivity index (χ2v) is 8.47. The van der Waals surface area contributed by atoms with E-state index in [0.29, 0.717) is 10.0 Å². The number of ether oxygens (including phenoxy) is 1. The van der Waals surface area contributed by atoms with Crippen molar-refractivity contribution in [2.45, 2.75) is 32.5 Å². The summed E-state index contributed by atoms with van der Waals surface area (Å²) in [6.45, 7) is 4.26. The van der Waals surface area contributed by atoms with E-state index >= 15 is 0 Å². The van der Waals surface area contributed by atoms with Crippen molar-refractivity contribution in [3.63, 3.8) is 0 Å². The van der Waals surface area contributed by atoms with Crippen LogP contribution in [-0.4, -0.2) is 16.9 Å². The molecule has 2 aliphatic heterocycles. The Morgan fingerprint density at radius 2 is 1.92 bits per heavy atom. The molecule has 0 spiro atoms. The Morgan fingerprint density at radius 3 is 2.60 bits per heavy atom. The monoisotopic (exact) mass is 438 g/mol. The van der Waals surface area contributed by atoms with E-state index in [-0.39, 0.29) is 18.2 Å². The van der Waals surface area contributed by atoms with Crippen LogP contribution in [0.2, 0.25) is 10.0 Å².